The van der Waals surface area contributed by atoms with Crippen molar-refractivity contribution >= 4 is 6.29 Å². The lowest BCUT2D eigenvalue weighted by atomic mass is 10.1. The number of hydrogen-bond donors (Lipinski definition) is 0. The van der Waals surface area contributed by atoms with Crippen LogP contribution >= 0.6 is 0 Å². The van der Waals surface area contributed by atoms with Crippen molar-refractivity contribution in [1.82, 2.24) is 0 Å². The van der Waals surface area contributed by atoms with Crippen molar-refractivity contribution in [2.75, 3.05) is 13.4 Å². The minimum absolute atomic E-state index is 0.193. The lowest BCUT2D eigenvalue weighted by Crippen LogP contribution is -2.02. The fraction of sp³-hybridized carbons (Fsp3) is 0.875. The number of carbonyl (C=O) groups is 1. The monoisotopic (exact) mass is 382 g/mol. The number of aldehydes is 1. The van der Waals surface area contributed by atoms with Gasteiger partial charge in [-0.2, -0.15) is 0 Å². The van der Waals surface area contributed by atoms with Crippen LogP contribution in [0.25, 0.3) is 0 Å². The van der Waals surface area contributed by atoms with Crippen molar-refractivity contribution in [1.29, 1.82) is 0 Å². The average molecular weight is 383 g/mol. The summed E-state index contributed by atoms with van der Waals surface area (Å²) in [5, 5.41) is 0. The van der Waals surface area contributed by atoms with Crippen LogP contribution in [0, 0.1) is 0 Å². The summed E-state index contributed by atoms with van der Waals surface area (Å²) in [6.45, 7) is 5.42. The number of ether oxygens (including phenoxy) is 2. The molecular formula is C24H46O3. The Kier molecular flexibility index (Phi) is 22.5. The molecule has 0 bridgehead atoms. The topological polar surface area (TPSA) is 35.5 Å². The Balaban J connectivity index is 3.39. The molecule has 0 N–H and O–H groups in total. The molecule has 0 aliphatic carbocycles. The molecule has 0 saturated carbocycles. The molecule has 27 heavy (non-hydrogen) atoms. The molecule has 0 unspecified atom stereocenters. The second kappa shape index (κ2) is 23.2. The molecule has 160 valence electrons. The first-order chi connectivity index (χ1) is 13.3. The van der Waals surface area contributed by atoms with E-state index in [1.54, 1.807) is 0 Å². The van der Waals surface area contributed by atoms with E-state index >= 15 is 0 Å². The fourth-order valence-corrected chi connectivity index (χ4v) is 3.17. The maximum absolute atomic E-state index is 11.0. The lowest BCUT2D eigenvalue weighted by molar-refractivity contribution is -0.111. The number of hydrogen-bond acceptors (Lipinski definition) is 3. The van der Waals surface area contributed by atoms with Gasteiger partial charge in [-0.3, -0.25) is 4.79 Å². The van der Waals surface area contributed by atoms with E-state index in [2.05, 4.69) is 13.8 Å². The smallest absolute Gasteiger partial charge is 0.189 e. The van der Waals surface area contributed by atoms with Crippen molar-refractivity contribution in [2.24, 2.45) is 0 Å². The molecule has 0 aromatic heterocycles. The third-order valence-electron chi connectivity index (χ3n) is 4.97. The molecule has 0 spiro atoms. The summed E-state index contributed by atoms with van der Waals surface area (Å²) in [5.41, 5.74) is 0. The third kappa shape index (κ3) is 21.3. The zero-order valence-electron chi connectivity index (χ0n) is 18.3. The predicted octanol–water partition coefficient (Wildman–Crippen LogP) is 7.73. The molecule has 3 nitrogen and oxygen atoms in total. The molecule has 0 aromatic carbocycles. The van der Waals surface area contributed by atoms with Crippen LogP contribution in [0.4, 0.5) is 0 Å². The standard InChI is InChI=1S/C24H46O3/c1-3-5-7-9-11-13-14-16-18-20-24(22-25)27-23-26-21-19-17-15-12-10-8-6-4-2/h20,22H,3-19,21,23H2,1-2H3/b24-20+. The maximum Gasteiger partial charge on any atom is 0.189 e. The van der Waals surface area contributed by atoms with Gasteiger partial charge in [0.25, 0.3) is 0 Å². The first kappa shape index (κ1) is 26.2. The van der Waals surface area contributed by atoms with Crippen LogP contribution in [0.3, 0.4) is 0 Å². The van der Waals surface area contributed by atoms with E-state index in [4.69, 9.17) is 9.47 Å². The van der Waals surface area contributed by atoms with Gasteiger partial charge in [0.1, 0.15) is 0 Å². The van der Waals surface area contributed by atoms with Crippen molar-refractivity contribution < 1.29 is 14.3 Å². The average Bonchev–Trinajstić information content (AvgIpc) is 2.69. The zero-order valence-corrected chi connectivity index (χ0v) is 18.3. The second-order valence-corrected chi connectivity index (χ2v) is 7.63. The lowest BCUT2D eigenvalue weighted by Gasteiger charge is -2.07. The molecule has 0 atom stereocenters. The molecule has 0 amide bonds. The van der Waals surface area contributed by atoms with Gasteiger partial charge < -0.3 is 9.47 Å². The van der Waals surface area contributed by atoms with Crippen molar-refractivity contribution in [2.45, 2.75) is 123 Å². The highest BCUT2D eigenvalue weighted by Crippen LogP contribution is 2.11. The fourth-order valence-electron chi connectivity index (χ4n) is 3.17. The van der Waals surface area contributed by atoms with Crippen LogP contribution < -0.4 is 0 Å². The zero-order chi connectivity index (χ0) is 19.8. The molecular weight excluding hydrogens is 336 g/mol. The summed E-state index contributed by atoms with van der Waals surface area (Å²) in [6, 6.07) is 0. The highest BCUT2D eigenvalue weighted by Gasteiger charge is 1.97. The number of carbonyl (C=O) groups excluding carboxylic acids is 1. The van der Waals surface area contributed by atoms with Gasteiger partial charge in [-0.25, -0.2) is 0 Å². The van der Waals surface area contributed by atoms with Gasteiger partial charge in [0.15, 0.2) is 18.8 Å². The molecule has 0 saturated heterocycles. The first-order valence-corrected chi connectivity index (χ1v) is 11.7. The van der Waals surface area contributed by atoms with E-state index in [-0.39, 0.29) is 6.79 Å². The minimum atomic E-state index is 0.193. The SMILES string of the molecule is CCCCCCCCCC/C=C(\C=O)OCOCCCCCCCCCC. The van der Waals surface area contributed by atoms with Crippen LogP contribution in [0.2, 0.25) is 0 Å². The quantitative estimate of drug-likeness (QED) is 0.0631. The van der Waals surface area contributed by atoms with Crippen LogP contribution in [0.5, 0.6) is 0 Å². The number of allylic oxidation sites excluding steroid dienone is 2. The van der Waals surface area contributed by atoms with E-state index in [0.29, 0.717) is 5.76 Å². The molecule has 0 aliphatic rings. The number of unbranched alkanes of at least 4 members (excludes halogenated alkanes) is 15. The van der Waals surface area contributed by atoms with Gasteiger partial charge in [-0.15, -0.1) is 0 Å². The van der Waals surface area contributed by atoms with E-state index in [9.17, 15) is 4.79 Å². The van der Waals surface area contributed by atoms with Crippen molar-refractivity contribution in [3.05, 3.63) is 11.8 Å². The predicted molar refractivity (Wildman–Crippen MR) is 116 cm³/mol. The van der Waals surface area contributed by atoms with Gasteiger partial charge in [0, 0.05) is 0 Å². The van der Waals surface area contributed by atoms with E-state index < -0.39 is 0 Å². The molecule has 0 aliphatic heterocycles. The van der Waals surface area contributed by atoms with Crippen LogP contribution in [-0.2, 0) is 14.3 Å². The van der Waals surface area contributed by atoms with Gasteiger partial charge in [0.2, 0.25) is 0 Å². The third-order valence-corrected chi connectivity index (χ3v) is 4.97. The first-order valence-electron chi connectivity index (χ1n) is 11.7. The summed E-state index contributed by atoms with van der Waals surface area (Å²) in [5.74, 6) is 0.425. The largest absolute Gasteiger partial charge is 0.464 e. The maximum atomic E-state index is 11.0. The van der Waals surface area contributed by atoms with Crippen LogP contribution in [0.15, 0.2) is 11.8 Å². The molecule has 3 heteroatoms. The minimum Gasteiger partial charge on any atom is -0.464 e. The normalized spacial score (nSPS) is 11.7. The Morgan fingerprint density at radius 2 is 1.15 bits per heavy atom. The number of rotatable bonds is 22. The Morgan fingerprint density at radius 3 is 1.67 bits per heavy atom. The molecule has 0 fully saturated rings. The van der Waals surface area contributed by atoms with Crippen LogP contribution in [0.1, 0.15) is 123 Å². The van der Waals surface area contributed by atoms with E-state index in [0.717, 1.165) is 32.2 Å². The van der Waals surface area contributed by atoms with Crippen LogP contribution in [-0.4, -0.2) is 19.7 Å². The van der Waals surface area contributed by atoms with Gasteiger partial charge in [0.05, 0.1) is 6.61 Å². The summed E-state index contributed by atoms with van der Waals surface area (Å²) < 4.78 is 10.9. The highest BCUT2D eigenvalue weighted by atomic mass is 16.7. The molecule has 0 radical (unpaired) electrons. The Labute approximate surface area is 169 Å². The summed E-state index contributed by atoms with van der Waals surface area (Å²) in [7, 11) is 0. The summed E-state index contributed by atoms with van der Waals surface area (Å²) in [4.78, 5) is 11.0. The molecule has 0 aromatic rings. The molecule has 0 heterocycles. The van der Waals surface area contributed by atoms with E-state index in [1.807, 2.05) is 6.08 Å². The summed E-state index contributed by atoms with van der Waals surface area (Å²) >= 11 is 0. The Morgan fingerprint density at radius 1 is 0.667 bits per heavy atom. The van der Waals surface area contributed by atoms with Gasteiger partial charge >= 0.3 is 0 Å². The second-order valence-electron chi connectivity index (χ2n) is 7.63. The van der Waals surface area contributed by atoms with Gasteiger partial charge in [-0.05, 0) is 25.3 Å². The van der Waals surface area contributed by atoms with Crippen molar-refractivity contribution in [3.63, 3.8) is 0 Å². The summed E-state index contributed by atoms with van der Waals surface area (Å²) in [6.07, 6.45) is 24.4. The Bertz CT molecular complexity index is 326. The van der Waals surface area contributed by atoms with E-state index in [1.165, 1.54) is 89.9 Å². The molecule has 0 rings (SSSR count). The van der Waals surface area contributed by atoms with Gasteiger partial charge in [-0.1, -0.05) is 104 Å². The van der Waals surface area contributed by atoms with Crippen molar-refractivity contribution in [3.8, 4) is 0 Å². The Hall–Kier alpha value is -0.830. The highest BCUT2D eigenvalue weighted by molar-refractivity contribution is 5.69.